The van der Waals surface area contributed by atoms with E-state index in [9.17, 15) is 4.79 Å². The van der Waals surface area contributed by atoms with Crippen molar-refractivity contribution in [2.75, 3.05) is 6.61 Å². The van der Waals surface area contributed by atoms with E-state index in [1.165, 1.54) is 0 Å². The monoisotopic (exact) mass is 198 g/mol. The minimum Gasteiger partial charge on any atom is -0.485 e. The molecule has 0 aromatic heterocycles. The summed E-state index contributed by atoms with van der Waals surface area (Å²) >= 11 is 5.84. The van der Waals surface area contributed by atoms with E-state index in [0.29, 0.717) is 22.8 Å². The third-order valence-corrected chi connectivity index (χ3v) is 2.05. The predicted molar refractivity (Wildman–Crippen MR) is 47.4 cm³/mol. The largest absolute Gasteiger partial charge is 0.485 e. The van der Waals surface area contributed by atoms with Gasteiger partial charge in [-0.2, -0.15) is 0 Å². The fourth-order valence-electron chi connectivity index (χ4n) is 1.14. The van der Waals surface area contributed by atoms with Crippen molar-refractivity contribution < 1.29 is 14.3 Å². The number of para-hydroxylation sites is 1. The molecule has 1 atom stereocenters. The average molecular weight is 199 g/mol. The van der Waals surface area contributed by atoms with Crippen molar-refractivity contribution in [1.82, 2.24) is 0 Å². The van der Waals surface area contributed by atoms with Gasteiger partial charge < -0.3 is 9.47 Å². The van der Waals surface area contributed by atoms with Crippen LogP contribution in [0.4, 0.5) is 0 Å². The van der Waals surface area contributed by atoms with E-state index >= 15 is 0 Å². The van der Waals surface area contributed by atoms with E-state index in [0.717, 1.165) is 0 Å². The first-order chi connectivity index (χ1) is 6.31. The van der Waals surface area contributed by atoms with Crippen LogP contribution in [0.5, 0.6) is 11.5 Å². The van der Waals surface area contributed by atoms with Gasteiger partial charge in [0, 0.05) is 0 Å². The maximum Gasteiger partial charge on any atom is 0.188 e. The molecule has 1 aliphatic heterocycles. The quantitative estimate of drug-likeness (QED) is 0.644. The third kappa shape index (κ3) is 1.47. The Labute approximate surface area is 80.2 Å². The Bertz CT molecular complexity index is 338. The van der Waals surface area contributed by atoms with E-state index in [1.807, 2.05) is 0 Å². The smallest absolute Gasteiger partial charge is 0.188 e. The first-order valence-electron chi connectivity index (χ1n) is 3.84. The molecule has 3 nitrogen and oxygen atoms in total. The second kappa shape index (κ2) is 3.26. The number of carbonyl (C=O) groups is 1. The van der Waals surface area contributed by atoms with E-state index in [-0.39, 0.29) is 6.61 Å². The predicted octanol–water partition coefficient (Wildman–Crippen LogP) is 1.68. The van der Waals surface area contributed by atoms with Crippen LogP contribution in [-0.2, 0) is 4.79 Å². The molecule has 0 unspecified atom stereocenters. The number of aldehydes is 1. The highest BCUT2D eigenvalue weighted by molar-refractivity contribution is 6.32. The second-order valence-corrected chi connectivity index (χ2v) is 3.08. The molecular weight excluding hydrogens is 192 g/mol. The fraction of sp³-hybridized carbons (Fsp3) is 0.222. The normalized spacial score (nSPS) is 19.6. The number of fused-ring (bicyclic) bond motifs is 1. The zero-order chi connectivity index (χ0) is 9.26. The highest BCUT2D eigenvalue weighted by Crippen LogP contribution is 2.37. The van der Waals surface area contributed by atoms with Gasteiger partial charge in [0.05, 0.1) is 5.02 Å². The van der Waals surface area contributed by atoms with E-state index < -0.39 is 6.10 Å². The molecule has 1 aromatic carbocycles. The van der Waals surface area contributed by atoms with E-state index in [4.69, 9.17) is 21.1 Å². The van der Waals surface area contributed by atoms with Gasteiger partial charge >= 0.3 is 0 Å². The maximum absolute atomic E-state index is 10.4. The number of ether oxygens (including phenoxy) is 2. The number of hydrogen-bond acceptors (Lipinski definition) is 3. The van der Waals surface area contributed by atoms with Gasteiger partial charge in [0.25, 0.3) is 0 Å². The SMILES string of the molecule is O=C[C@H]1COc2cccc(Cl)c2O1. The molecule has 1 heterocycles. The van der Waals surface area contributed by atoms with Gasteiger partial charge in [-0.15, -0.1) is 0 Å². The molecule has 0 radical (unpaired) electrons. The zero-order valence-corrected chi connectivity index (χ0v) is 7.45. The van der Waals surface area contributed by atoms with Gasteiger partial charge in [-0.05, 0) is 12.1 Å². The first kappa shape index (κ1) is 8.38. The molecule has 0 saturated heterocycles. The van der Waals surface area contributed by atoms with Crippen LogP contribution in [0.25, 0.3) is 0 Å². The molecule has 0 N–H and O–H groups in total. The lowest BCUT2D eigenvalue weighted by Crippen LogP contribution is -2.30. The lowest BCUT2D eigenvalue weighted by molar-refractivity contribution is -0.115. The molecule has 0 amide bonds. The van der Waals surface area contributed by atoms with Crippen molar-refractivity contribution in [2.24, 2.45) is 0 Å². The van der Waals surface area contributed by atoms with Crippen LogP contribution in [0.2, 0.25) is 5.02 Å². The number of hydrogen-bond donors (Lipinski definition) is 0. The Morgan fingerprint density at radius 3 is 3.15 bits per heavy atom. The molecule has 68 valence electrons. The first-order valence-corrected chi connectivity index (χ1v) is 4.22. The van der Waals surface area contributed by atoms with Crippen molar-refractivity contribution in [2.45, 2.75) is 6.10 Å². The van der Waals surface area contributed by atoms with Crippen LogP contribution in [0.1, 0.15) is 0 Å². The Morgan fingerprint density at radius 2 is 2.38 bits per heavy atom. The molecule has 0 fully saturated rings. The summed E-state index contributed by atoms with van der Waals surface area (Å²) < 4.78 is 10.6. The maximum atomic E-state index is 10.4. The van der Waals surface area contributed by atoms with Crippen molar-refractivity contribution in [3.05, 3.63) is 23.2 Å². The standard InChI is InChI=1S/C9H7ClO3/c10-7-2-1-3-8-9(7)13-6(4-11)5-12-8/h1-4,6H,5H2/t6-/m0/s1. The second-order valence-electron chi connectivity index (χ2n) is 2.67. The number of carbonyl (C=O) groups excluding carboxylic acids is 1. The number of benzene rings is 1. The highest BCUT2D eigenvalue weighted by Gasteiger charge is 2.21. The van der Waals surface area contributed by atoms with Crippen LogP contribution in [-0.4, -0.2) is 19.0 Å². The molecule has 0 saturated carbocycles. The van der Waals surface area contributed by atoms with Crippen LogP contribution in [0.15, 0.2) is 18.2 Å². The molecule has 2 rings (SSSR count). The van der Waals surface area contributed by atoms with E-state index in [1.54, 1.807) is 18.2 Å². The Kier molecular flexibility index (Phi) is 2.10. The van der Waals surface area contributed by atoms with Gasteiger partial charge in [0.2, 0.25) is 0 Å². The molecule has 0 spiro atoms. The highest BCUT2D eigenvalue weighted by atomic mass is 35.5. The molecule has 0 aliphatic carbocycles. The molecular formula is C9H7ClO3. The van der Waals surface area contributed by atoms with Crippen LogP contribution < -0.4 is 9.47 Å². The Balaban J connectivity index is 2.37. The Hall–Kier alpha value is -1.22. The summed E-state index contributed by atoms with van der Waals surface area (Å²) in [6.07, 6.45) is 0.152. The molecule has 4 heteroatoms. The third-order valence-electron chi connectivity index (χ3n) is 1.75. The van der Waals surface area contributed by atoms with Crippen molar-refractivity contribution in [1.29, 1.82) is 0 Å². The van der Waals surface area contributed by atoms with Crippen LogP contribution in [0.3, 0.4) is 0 Å². The summed E-state index contributed by atoms with van der Waals surface area (Å²) in [4.78, 5) is 10.4. The molecule has 1 aromatic rings. The van der Waals surface area contributed by atoms with Crippen LogP contribution >= 0.6 is 11.6 Å². The van der Waals surface area contributed by atoms with E-state index in [2.05, 4.69) is 0 Å². The van der Waals surface area contributed by atoms with Gasteiger partial charge in [0.15, 0.2) is 23.9 Å². The van der Waals surface area contributed by atoms with Crippen molar-refractivity contribution >= 4 is 17.9 Å². The number of halogens is 1. The zero-order valence-electron chi connectivity index (χ0n) is 6.70. The van der Waals surface area contributed by atoms with Gasteiger partial charge in [0.1, 0.15) is 6.61 Å². The lowest BCUT2D eigenvalue weighted by atomic mass is 10.3. The lowest BCUT2D eigenvalue weighted by Gasteiger charge is -2.23. The fourth-order valence-corrected chi connectivity index (χ4v) is 1.35. The van der Waals surface area contributed by atoms with Gasteiger partial charge in [-0.25, -0.2) is 0 Å². The average Bonchev–Trinajstić information content (AvgIpc) is 2.18. The molecule has 0 bridgehead atoms. The Morgan fingerprint density at radius 1 is 1.54 bits per heavy atom. The van der Waals surface area contributed by atoms with Gasteiger partial charge in [-0.3, -0.25) is 4.79 Å². The summed E-state index contributed by atoms with van der Waals surface area (Å²) in [5.41, 5.74) is 0. The topological polar surface area (TPSA) is 35.5 Å². The molecule has 13 heavy (non-hydrogen) atoms. The minimum atomic E-state index is -0.549. The van der Waals surface area contributed by atoms with Crippen molar-refractivity contribution in [3.8, 4) is 11.5 Å². The summed E-state index contributed by atoms with van der Waals surface area (Å²) in [5, 5.41) is 0.462. The van der Waals surface area contributed by atoms with Crippen molar-refractivity contribution in [3.63, 3.8) is 0 Å². The summed E-state index contributed by atoms with van der Waals surface area (Å²) in [6, 6.07) is 5.21. The van der Waals surface area contributed by atoms with Crippen LogP contribution in [0, 0.1) is 0 Å². The summed E-state index contributed by atoms with van der Waals surface area (Å²) in [6.45, 7) is 0.247. The summed E-state index contributed by atoms with van der Waals surface area (Å²) in [5.74, 6) is 1.04. The minimum absolute atomic E-state index is 0.247. The van der Waals surface area contributed by atoms with Gasteiger partial charge in [-0.1, -0.05) is 17.7 Å². The molecule has 1 aliphatic rings. The summed E-state index contributed by atoms with van der Waals surface area (Å²) in [7, 11) is 0. The number of rotatable bonds is 1.